The van der Waals surface area contributed by atoms with Gasteiger partial charge in [-0.15, -0.1) is 0 Å². The molecule has 0 bridgehead atoms. The lowest BCUT2D eigenvalue weighted by Gasteiger charge is -2.24. The molecular formula is C50H102O29. The van der Waals surface area contributed by atoms with Gasteiger partial charge in [0.25, 0.3) is 0 Å². The summed E-state index contributed by atoms with van der Waals surface area (Å²) >= 11 is 0. The van der Waals surface area contributed by atoms with Gasteiger partial charge in [0.2, 0.25) is 0 Å². The van der Waals surface area contributed by atoms with E-state index in [1.165, 1.54) is 0 Å². The van der Waals surface area contributed by atoms with Crippen molar-refractivity contribution in [2.24, 2.45) is 0 Å². The fourth-order valence-electron chi connectivity index (χ4n) is 6.16. The summed E-state index contributed by atoms with van der Waals surface area (Å²) in [6, 6.07) is 0. The van der Waals surface area contributed by atoms with E-state index >= 15 is 0 Å². The van der Waals surface area contributed by atoms with Crippen molar-refractivity contribution >= 4 is 0 Å². The summed E-state index contributed by atoms with van der Waals surface area (Å²) < 4.78 is 121. The first-order chi connectivity index (χ1) is 39.0. The molecular weight excluding hydrogens is 1060 g/mol. The number of ether oxygens (including phenoxy) is 21. The minimum Gasteiger partial charge on any atom is -0.394 e. The SMILES string of the molecule is OCCOCCOCC(COCC(COCC(COCC(COCC(COCC(COCCOCCO)OCCOCCO)OCCOCCO)OCCOCCO)OCCOCCO)OCCOCCO)OCCOCCO. The maximum atomic E-state index is 9.19. The molecule has 6 unspecified atom stereocenters. The maximum absolute atomic E-state index is 9.19. The first-order valence-corrected chi connectivity index (χ1v) is 27.2. The second-order valence-electron chi connectivity index (χ2n) is 16.5. The Balaban J connectivity index is 5.82. The second-order valence-corrected chi connectivity index (χ2v) is 16.5. The number of aliphatic hydroxyl groups excluding tert-OH is 8. The molecule has 6 atom stereocenters. The number of hydrogen-bond donors (Lipinski definition) is 8. The van der Waals surface area contributed by atoms with E-state index in [9.17, 15) is 10.2 Å². The quantitative estimate of drug-likeness (QED) is 0.0266. The third-order valence-corrected chi connectivity index (χ3v) is 9.76. The zero-order chi connectivity index (χ0) is 57.4. The lowest BCUT2D eigenvalue weighted by molar-refractivity contribution is -0.131. The Kier molecular flexibility index (Phi) is 65.0. The van der Waals surface area contributed by atoms with Crippen molar-refractivity contribution in [3.05, 3.63) is 0 Å². The topological polar surface area (TPSA) is 356 Å². The van der Waals surface area contributed by atoms with Crippen molar-refractivity contribution < 1.29 is 140 Å². The first-order valence-electron chi connectivity index (χ1n) is 27.2. The molecule has 0 aliphatic heterocycles. The Hall–Kier alpha value is -1.16. The molecule has 0 aliphatic rings. The van der Waals surface area contributed by atoms with Crippen molar-refractivity contribution in [1.82, 2.24) is 0 Å². The standard InChI is InChI=1S/C50H102O29/c51-1-9-59-17-19-67-33-45(74-27-21-61-11-3-53)35-69-37-47(76-29-23-63-13-5-55)39-71-41-49(78-31-25-65-15-7-57)43-73-44-50(79-32-26-66-16-8-58)42-72-40-48(77-30-24-64-14-6-56)38-70-36-46(75-28-22-62-12-4-54)34-68-20-18-60-10-2-52/h45-58H,1-44H2. The van der Waals surface area contributed by atoms with Crippen LogP contribution in [0.2, 0.25) is 0 Å². The molecule has 8 N–H and O–H groups in total. The van der Waals surface area contributed by atoms with Crippen LogP contribution < -0.4 is 0 Å². The van der Waals surface area contributed by atoms with E-state index in [-0.39, 0.29) is 277 Å². The summed E-state index contributed by atoms with van der Waals surface area (Å²) in [5.41, 5.74) is 0. The summed E-state index contributed by atoms with van der Waals surface area (Å²) in [6.45, 7) is 5.38. The summed E-state index contributed by atoms with van der Waals surface area (Å²) in [7, 11) is 0. The van der Waals surface area contributed by atoms with Gasteiger partial charge in [0, 0.05) is 0 Å². The smallest absolute Gasteiger partial charge is 0.104 e. The van der Waals surface area contributed by atoms with Gasteiger partial charge in [0.1, 0.15) is 36.6 Å². The predicted molar refractivity (Wildman–Crippen MR) is 277 cm³/mol. The Morgan fingerprint density at radius 3 is 0.418 bits per heavy atom. The molecule has 0 fully saturated rings. The summed E-state index contributed by atoms with van der Waals surface area (Å²) in [5, 5.41) is 72.6. The maximum Gasteiger partial charge on any atom is 0.104 e. The Labute approximate surface area is 466 Å². The molecule has 0 rings (SSSR count). The van der Waals surface area contributed by atoms with Gasteiger partial charge in [-0.3, -0.25) is 0 Å². The molecule has 0 aliphatic carbocycles. The number of rotatable bonds is 70. The molecule has 0 amide bonds. The zero-order valence-corrected chi connectivity index (χ0v) is 46.7. The summed E-state index contributed by atoms with van der Waals surface area (Å²) in [4.78, 5) is 0. The van der Waals surface area contributed by atoms with Crippen molar-refractivity contribution in [2.45, 2.75) is 36.6 Å². The largest absolute Gasteiger partial charge is 0.394 e. The lowest BCUT2D eigenvalue weighted by Crippen LogP contribution is -2.36. The molecule has 0 saturated heterocycles. The van der Waals surface area contributed by atoms with Crippen LogP contribution in [0.15, 0.2) is 0 Å². The lowest BCUT2D eigenvalue weighted by atomic mass is 10.3. The van der Waals surface area contributed by atoms with Crippen molar-refractivity contribution in [2.75, 3.05) is 291 Å². The highest BCUT2D eigenvalue weighted by molar-refractivity contribution is 4.66. The molecule has 0 radical (unpaired) electrons. The van der Waals surface area contributed by atoms with Crippen molar-refractivity contribution in [3.8, 4) is 0 Å². The molecule has 29 heteroatoms. The Bertz CT molecular complexity index is 1050. The van der Waals surface area contributed by atoms with E-state index in [2.05, 4.69) is 0 Å². The van der Waals surface area contributed by atoms with E-state index in [0.29, 0.717) is 13.2 Å². The average molecular weight is 1170 g/mol. The molecule has 29 nitrogen and oxygen atoms in total. The minimum absolute atomic E-state index is 0.0631. The van der Waals surface area contributed by atoms with Crippen molar-refractivity contribution in [1.29, 1.82) is 0 Å². The molecule has 476 valence electrons. The Morgan fingerprint density at radius 1 is 0.139 bits per heavy atom. The zero-order valence-electron chi connectivity index (χ0n) is 46.7. The molecule has 0 aromatic rings. The summed E-state index contributed by atoms with van der Waals surface area (Å²) in [5.74, 6) is 0. The molecule has 0 saturated carbocycles. The average Bonchev–Trinajstić information content (AvgIpc) is 3.45. The third kappa shape index (κ3) is 57.1. The van der Waals surface area contributed by atoms with Crippen LogP contribution in [0.5, 0.6) is 0 Å². The highest BCUT2D eigenvalue weighted by Crippen LogP contribution is 2.07. The number of hydrogen-bond acceptors (Lipinski definition) is 29. The van der Waals surface area contributed by atoms with E-state index < -0.39 is 36.6 Å². The summed E-state index contributed by atoms with van der Waals surface area (Å²) in [6.07, 6.45) is -3.29. The van der Waals surface area contributed by atoms with Crippen molar-refractivity contribution in [3.63, 3.8) is 0 Å². The van der Waals surface area contributed by atoms with E-state index in [4.69, 9.17) is 130 Å². The van der Waals surface area contributed by atoms with E-state index in [1.807, 2.05) is 0 Å². The highest BCUT2D eigenvalue weighted by Gasteiger charge is 2.20. The fourth-order valence-corrected chi connectivity index (χ4v) is 6.16. The van der Waals surface area contributed by atoms with Gasteiger partial charge in [0.05, 0.1) is 291 Å². The molecule has 0 aromatic carbocycles. The van der Waals surface area contributed by atoms with Gasteiger partial charge in [-0.2, -0.15) is 0 Å². The van der Waals surface area contributed by atoms with Crippen LogP contribution in [0.25, 0.3) is 0 Å². The minimum atomic E-state index is -0.597. The molecule has 0 spiro atoms. The van der Waals surface area contributed by atoms with Crippen LogP contribution in [-0.2, 0) is 99.5 Å². The fraction of sp³-hybridized carbons (Fsp3) is 1.00. The van der Waals surface area contributed by atoms with E-state index in [1.54, 1.807) is 0 Å². The molecule has 79 heavy (non-hydrogen) atoms. The Morgan fingerprint density at radius 2 is 0.266 bits per heavy atom. The first kappa shape index (κ1) is 77.8. The van der Waals surface area contributed by atoms with Crippen LogP contribution in [0.3, 0.4) is 0 Å². The normalized spacial score (nSPS) is 14.3. The molecule has 0 aromatic heterocycles. The van der Waals surface area contributed by atoms with Crippen LogP contribution in [0.4, 0.5) is 0 Å². The van der Waals surface area contributed by atoms with Gasteiger partial charge in [-0.1, -0.05) is 0 Å². The predicted octanol–water partition coefficient (Wildman–Crippen LogP) is -4.52. The van der Waals surface area contributed by atoms with Crippen LogP contribution >= 0.6 is 0 Å². The third-order valence-electron chi connectivity index (χ3n) is 9.76. The van der Waals surface area contributed by atoms with E-state index in [0.717, 1.165) is 0 Å². The van der Waals surface area contributed by atoms with Crippen LogP contribution in [-0.4, -0.2) is 368 Å². The molecule has 0 heterocycles. The second kappa shape index (κ2) is 66.0. The van der Waals surface area contributed by atoms with Gasteiger partial charge in [-0.25, -0.2) is 0 Å². The van der Waals surface area contributed by atoms with Gasteiger partial charge in [0.15, 0.2) is 0 Å². The van der Waals surface area contributed by atoms with Crippen LogP contribution in [0, 0.1) is 0 Å². The van der Waals surface area contributed by atoms with Crippen LogP contribution in [0.1, 0.15) is 0 Å². The monoisotopic (exact) mass is 1170 g/mol. The highest BCUT2D eigenvalue weighted by atomic mass is 16.6. The van der Waals surface area contributed by atoms with Gasteiger partial charge in [-0.05, 0) is 0 Å². The van der Waals surface area contributed by atoms with Gasteiger partial charge >= 0.3 is 0 Å². The van der Waals surface area contributed by atoms with Gasteiger partial charge < -0.3 is 140 Å². The number of aliphatic hydroxyl groups is 8.